The number of benzene rings is 2. The molecular formula is C22H16N4O2S. The van der Waals surface area contributed by atoms with E-state index in [1.165, 1.54) is 17.7 Å². The van der Waals surface area contributed by atoms with Crippen LogP contribution in [0, 0.1) is 6.92 Å². The molecule has 0 bridgehead atoms. The average molecular weight is 400 g/mol. The van der Waals surface area contributed by atoms with Gasteiger partial charge in [-0.25, -0.2) is 9.67 Å². The van der Waals surface area contributed by atoms with Crippen molar-refractivity contribution in [3.8, 4) is 17.0 Å². The maximum atomic E-state index is 12.9. The zero-order chi connectivity index (χ0) is 19.8. The zero-order valence-corrected chi connectivity index (χ0v) is 16.3. The first-order valence-electron chi connectivity index (χ1n) is 9.04. The highest BCUT2D eigenvalue weighted by Gasteiger charge is 2.17. The highest BCUT2D eigenvalue weighted by molar-refractivity contribution is 7.20. The summed E-state index contributed by atoms with van der Waals surface area (Å²) in [7, 11) is 0. The molecule has 29 heavy (non-hydrogen) atoms. The molecule has 2 aromatic carbocycles. The Hall–Kier alpha value is -3.71. The van der Waals surface area contributed by atoms with Gasteiger partial charge in [0, 0.05) is 16.6 Å². The number of nitrogens with one attached hydrogen (secondary N) is 1. The van der Waals surface area contributed by atoms with Gasteiger partial charge in [0.1, 0.15) is 4.83 Å². The first-order valence-corrected chi connectivity index (χ1v) is 9.85. The van der Waals surface area contributed by atoms with Crippen LogP contribution in [0.15, 0.2) is 77.7 Å². The van der Waals surface area contributed by atoms with Crippen molar-refractivity contribution in [1.82, 2.24) is 14.8 Å². The van der Waals surface area contributed by atoms with Crippen molar-refractivity contribution in [3.05, 3.63) is 83.8 Å². The van der Waals surface area contributed by atoms with Gasteiger partial charge in [0.25, 0.3) is 5.91 Å². The predicted molar refractivity (Wildman–Crippen MR) is 114 cm³/mol. The maximum absolute atomic E-state index is 12.9. The summed E-state index contributed by atoms with van der Waals surface area (Å²) in [5.41, 5.74) is 3.42. The van der Waals surface area contributed by atoms with Crippen molar-refractivity contribution in [3.63, 3.8) is 0 Å². The third-order valence-electron chi connectivity index (χ3n) is 4.61. The van der Waals surface area contributed by atoms with E-state index in [2.05, 4.69) is 15.4 Å². The van der Waals surface area contributed by atoms with Crippen molar-refractivity contribution < 1.29 is 9.21 Å². The highest BCUT2D eigenvalue weighted by Crippen LogP contribution is 2.31. The first-order chi connectivity index (χ1) is 14.2. The quantitative estimate of drug-likeness (QED) is 0.444. The van der Waals surface area contributed by atoms with Gasteiger partial charge in [-0.1, -0.05) is 30.3 Å². The van der Waals surface area contributed by atoms with E-state index >= 15 is 0 Å². The molecule has 0 radical (unpaired) electrons. The largest absolute Gasteiger partial charge is 0.444 e. The fourth-order valence-corrected chi connectivity index (χ4v) is 4.28. The van der Waals surface area contributed by atoms with Crippen LogP contribution in [-0.2, 0) is 0 Å². The summed E-state index contributed by atoms with van der Waals surface area (Å²) in [5.74, 6) is 0.501. The molecule has 1 amide bonds. The molecule has 0 saturated carbocycles. The first kappa shape index (κ1) is 17.4. The molecule has 0 spiro atoms. The number of anilines is 1. The molecule has 0 aliphatic heterocycles. The topological polar surface area (TPSA) is 73.0 Å². The molecule has 0 aliphatic carbocycles. The number of carbonyl (C=O) groups excluding carboxylic acids is 1. The summed E-state index contributed by atoms with van der Waals surface area (Å²) in [6.45, 7) is 1.96. The van der Waals surface area contributed by atoms with Crippen LogP contribution in [0.5, 0.6) is 0 Å². The van der Waals surface area contributed by atoms with E-state index in [1.807, 2.05) is 72.3 Å². The molecule has 5 rings (SSSR count). The van der Waals surface area contributed by atoms with Gasteiger partial charge < -0.3 is 9.73 Å². The monoisotopic (exact) mass is 400 g/mol. The van der Waals surface area contributed by atoms with Crippen molar-refractivity contribution in [2.75, 3.05) is 5.32 Å². The minimum atomic E-state index is -0.153. The minimum Gasteiger partial charge on any atom is -0.444 e. The summed E-state index contributed by atoms with van der Waals surface area (Å²) >= 11 is 1.43. The Morgan fingerprint density at radius 3 is 2.76 bits per heavy atom. The van der Waals surface area contributed by atoms with Crippen LogP contribution in [0.4, 0.5) is 5.69 Å². The number of carbonyl (C=O) groups is 1. The zero-order valence-electron chi connectivity index (χ0n) is 15.5. The number of hydrogen-bond acceptors (Lipinski definition) is 5. The molecule has 0 atom stereocenters. The smallest absolute Gasteiger partial charge is 0.265 e. The number of para-hydroxylation sites is 1. The van der Waals surface area contributed by atoms with Crippen LogP contribution < -0.4 is 5.32 Å². The molecule has 0 saturated heterocycles. The van der Waals surface area contributed by atoms with Crippen molar-refractivity contribution in [1.29, 1.82) is 0 Å². The van der Waals surface area contributed by atoms with Gasteiger partial charge in [-0.15, -0.1) is 11.3 Å². The average Bonchev–Trinajstić information content (AvgIpc) is 3.47. The Balaban J connectivity index is 1.46. The standard InChI is InChI=1S/C22H16N4O2S/c1-14-18-11-20(29-22(18)26(25-14)17-8-3-2-4-9-17)21(27)24-16-7-5-6-15(10-16)19-12-23-13-28-19/h2-13H,1H3,(H,24,27). The lowest BCUT2D eigenvalue weighted by Crippen LogP contribution is -2.10. The third-order valence-corrected chi connectivity index (χ3v) is 5.72. The highest BCUT2D eigenvalue weighted by atomic mass is 32.1. The summed E-state index contributed by atoms with van der Waals surface area (Å²) in [5, 5.41) is 8.58. The molecule has 3 heterocycles. The van der Waals surface area contributed by atoms with Crippen molar-refractivity contribution in [2.24, 2.45) is 0 Å². The summed E-state index contributed by atoms with van der Waals surface area (Å²) in [6, 6.07) is 19.3. The molecule has 0 fully saturated rings. The molecule has 7 heteroatoms. The Morgan fingerprint density at radius 2 is 1.97 bits per heavy atom. The van der Waals surface area contributed by atoms with E-state index in [-0.39, 0.29) is 5.91 Å². The maximum Gasteiger partial charge on any atom is 0.265 e. The summed E-state index contributed by atoms with van der Waals surface area (Å²) in [4.78, 5) is 18.4. The number of amides is 1. The van der Waals surface area contributed by atoms with Crippen LogP contribution in [0.25, 0.3) is 27.2 Å². The van der Waals surface area contributed by atoms with E-state index < -0.39 is 0 Å². The van der Waals surface area contributed by atoms with E-state index in [1.54, 1.807) is 6.20 Å². The van der Waals surface area contributed by atoms with E-state index in [9.17, 15) is 4.79 Å². The SMILES string of the molecule is Cc1nn(-c2ccccc2)c2sc(C(=O)Nc3cccc(-c4cnco4)c3)cc12. The van der Waals surface area contributed by atoms with Gasteiger partial charge >= 0.3 is 0 Å². The molecule has 1 N–H and O–H groups in total. The number of aryl methyl sites for hydroxylation is 1. The van der Waals surface area contributed by atoms with Gasteiger partial charge in [-0.05, 0) is 37.3 Å². The summed E-state index contributed by atoms with van der Waals surface area (Å²) in [6.07, 6.45) is 3.03. The van der Waals surface area contributed by atoms with Crippen LogP contribution in [0.3, 0.4) is 0 Å². The van der Waals surface area contributed by atoms with E-state index in [0.717, 1.165) is 27.2 Å². The van der Waals surface area contributed by atoms with Crippen LogP contribution in [-0.4, -0.2) is 20.7 Å². The molecule has 0 unspecified atom stereocenters. The van der Waals surface area contributed by atoms with Crippen LogP contribution in [0.1, 0.15) is 15.4 Å². The Labute approximate surface area is 170 Å². The second-order valence-corrected chi connectivity index (χ2v) is 7.59. The Morgan fingerprint density at radius 1 is 1.10 bits per heavy atom. The van der Waals surface area contributed by atoms with E-state index in [0.29, 0.717) is 16.3 Å². The molecule has 0 aliphatic rings. The minimum absolute atomic E-state index is 0.153. The van der Waals surface area contributed by atoms with Crippen LogP contribution >= 0.6 is 11.3 Å². The molecule has 142 valence electrons. The van der Waals surface area contributed by atoms with Gasteiger partial charge in [-0.3, -0.25) is 4.79 Å². The summed E-state index contributed by atoms with van der Waals surface area (Å²) < 4.78 is 7.22. The second-order valence-electron chi connectivity index (χ2n) is 6.56. The number of hydrogen-bond donors (Lipinski definition) is 1. The second kappa shape index (κ2) is 7.03. The molecule has 3 aromatic heterocycles. The normalized spacial score (nSPS) is 11.1. The fourth-order valence-electron chi connectivity index (χ4n) is 3.20. The van der Waals surface area contributed by atoms with Crippen molar-refractivity contribution in [2.45, 2.75) is 6.92 Å². The lowest BCUT2D eigenvalue weighted by molar-refractivity contribution is 0.103. The van der Waals surface area contributed by atoms with E-state index in [4.69, 9.17) is 4.42 Å². The van der Waals surface area contributed by atoms with Crippen molar-refractivity contribution >= 4 is 33.1 Å². The number of nitrogens with zero attached hydrogens (tertiary/aromatic N) is 3. The third kappa shape index (κ3) is 3.21. The number of oxazole rings is 1. The Bertz CT molecular complexity index is 1300. The predicted octanol–water partition coefficient (Wildman–Crippen LogP) is 5.30. The Kier molecular flexibility index (Phi) is 4.22. The van der Waals surface area contributed by atoms with Gasteiger partial charge in [0.2, 0.25) is 0 Å². The number of rotatable bonds is 4. The molecular weight excluding hydrogens is 384 g/mol. The van der Waals surface area contributed by atoms with Gasteiger partial charge in [0.05, 0.1) is 22.5 Å². The van der Waals surface area contributed by atoms with Gasteiger partial charge in [0.15, 0.2) is 12.2 Å². The lowest BCUT2D eigenvalue weighted by atomic mass is 10.1. The number of fused-ring (bicyclic) bond motifs is 1. The number of aromatic nitrogens is 3. The fraction of sp³-hybridized carbons (Fsp3) is 0.0455. The van der Waals surface area contributed by atoms with Gasteiger partial charge in [-0.2, -0.15) is 5.10 Å². The lowest BCUT2D eigenvalue weighted by Gasteiger charge is -2.05. The molecule has 6 nitrogen and oxygen atoms in total. The van der Waals surface area contributed by atoms with Crippen LogP contribution in [0.2, 0.25) is 0 Å². The number of thiophene rings is 1. The molecule has 5 aromatic rings.